The number of hydrogen-bond acceptors (Lipinski definition) is 7. The van der Waals surface area contributed by atoms with Gasteiger partial charge in [-0.15, -0.1) is 0 Å². The Hall–Kier alpha value is -3.60. The number of ketones is 1. The van der Waals surface area contributed by atoms with Crippen molar-refractivity contribution in [3.63, 3.8) is 0 Å². The maximum absolute atomic E-state index is 11.7. The van der Waals surface area contributed by atoms with Crippen LogP contribution in [0.3, 0.4) is 0 Å². The quantitative estimate of drug-likeness (QED) is 0.731. The lowest BCUT2D eigenvalue weighted by Crippen LogP contribution is -2.12. The van der Waals surface area contributed by atoms with E-state index in [4.69, 9.17) is 15.7 Å². The van der Waals surface area contributed by atoms with Gasteiger partial charge in [-0.25, -0.2) is 0 Å². The molecule has 3 rings (SSSR count). The van der Waals surface area contributed by atoms with E-state index in [0.29, 0.717) is 23.8 Å². The largest absolute Gasteiger partial charge is 0.477 e. The molecular weight excluding hydrogens is 310 g/mol. The Morgan fingerprint density at radius 3 is 2.88 bits per heavy atom. The highest BCUT2D eigenvalue weighted by Crippen LogP contribution is 2.30. The van der Waals surface area contributed by atoms with E-state index >= 15 is 0 Å². The lowest BCUT2D eigenvalue weighted by molar-refractivity contribution is -0.112. The third-order valence-corrected chi connectivity index (χ3v) is 3.40. The van der Waals surface area contributed by atoms with Crippen molar-refractivity contribution in [3.8, 4) is 11.9 Å². The molecule has 0 fully saturated rings. The van der Waals surface area contributed by atoms with Crippen LogP contribution in [0.1, 0.15) is 22.8 Å². The molecule has 2 aromatic rings. The predicted molar refractivity (Wildman–Crippen MR) is 87.2 cm³/mol. The Morgan fingerprint density at radius 1 is 1.38 bits per heavy atom. The summed E-state index contributed by atoms with van der Waals surface area (Å²) in [5, 5.41) is 14.6. The van der Waals surface area contributed by atoms with Crippen molar-refractivity contribution in [2.75, 3.05) is 23.0 Å². The first-order valence-corrected chi connectivity index (χ1v) is 7.13. The maximum atomic E-state index is 11.7. The number of benzene rings is 1. The van der Waals surface area contributed by atoms with Crippen LogP contribution in [0.15, 0.2) is 24.3 Å². The fourth-order valence-electron chi connectivity index (χ4n) is 2.33. The van der Waals surface area contributed by atoms with Gasteiger partial charge in [-0.05, 0) is 25.1 Å². The van der Waals surface area contributed by atoms with E-state index in [9.17, 15) is 9.59 Å². The summed E-state index contributed by atoms with van der Waals surface area (Å²) in [6.45, 7) is 2.11. The number of nitrogen functional groups attached to an aromatic ring is 1. The zero-order valence-electron chi connectivity index (χ0n) is 12.7. The summed E-state index contributed by atoms with van der Waals surface area (Å²) in [5.74, 6) is -0.742. The molecule has 8 nitrogen and oxygen atoms in total. The number of carbonyl (C=O) groups is 2. The topological polar surface area (TPSA) is 130 Å². The SMILES string of the molecule is CCOc1nc(Nc2ccc3c(c2)C(=O)C(=O)N3)cc(N)c1C#N. The Balaban J connectivity index is 1.94. The monoisotopic (exact) mass is 323 g/mol. The number of pyridine rings is 1. The number of Topliss-reactive ketones (excluding diaryl/α,β-unsaturated/α-hetero) is 1. The molecule has 1 aromatic heterocycles. The average Bonchev–Trinajstić information content (AvgIpc) is 2.82. The van der Waals surface area contributed by atoms with E-state index in [1.54, 1.807) is 25.1 Å². The molecule has 0 bridgehead atoms. The number of nitrogens with zero attached hydrogens (tertiary/aromatic N) is 2. The summed E-state index contributed by atoms with van der Waals surface area (Å²) >= 11 is 0. The molecule has 1 amide bonds. The van der Waals surface area contributed by atoms with Crippen LogP contribution in [0, 0.1) is 11.3 Å². The summed E-state index contributed by atoms with van der Waals surface area (Å²) < 4.78 is 5.33. The number of amides is 1. The first kappa shape index (κ1) is 15.3. The summed E-state index contributed by atoms with van der Waals surface area (Å²) in [6.07, 6.45) is 0. The number of anilines is 4. The molecule has 1 aromatic carbocycles. The van der Waals surface area contributed by atoms with E-state index in [1.165, 1.54) is 6.07 Å². The maximum Gasteiger partial charge on any atom is 0.296 e. The zero-order chi connectivity index (χ0) is 17.3. The van der Waals surface area contributed by atoms with Gasteiger partial charge in [0.15, 0.2) is 0 Å². The van der Waals surface area contributed by atoms with Crippen molar-refractivity contribution < 1.29 is 14.3 Å². The molecule has 4 N–H and O–H groups in total. The lowest BCUT2D eigenvalue weighted by Gasteiger charge is -2.11. The van der Waals surface area contributed by atoms with Gasteiger partial charge in [-0.2, -0.15) is 10.2 Å². The second kappa shape index (κ2) is 5.89. The minimum Gasteiger partial charge on any atom is -0.477 e. The molecular formula is C16H13N5O3. The number of nitrogens with two attached hydrogens (primary N) is 1. The zero-order valence-corrected chi connectivity index (χ0v) is 12.7. The van der Waals surface area contributed by atoms with Gasteiger partial charge >= 0.3 is 0 Å². The van der Waals surface area contributed by atoms with Crippen molar-refractivity contribution in [1.29, 1.82) is 5.26 Å². The van der Waals surface area contributed by atoms with E-state index in [2.05, 4.69) is 15.6 Å². The van der Waals surface area contributed by atoms with Crippen molar-refractivity contribution in [2.45, 2.75) is 6.92 Å². The highest BCUT2D eigenvalue weighted by Gasteiger charge is 2.28. The van der Waals surface area contributed by atoms with Gasteiger partial charge in [0.1, 0.15) is 17.5 Å². The normalized spacial score (nSPS) is 12.3. The van der Waals surface area contributed by atoms with E-state index in [-0.39, 0.29) is 22.7 Å². The average molecular weight is 323 g/mol. The highest BCUT2D eigenvalue weighted by atomic mass is 16.5. The molecule has 1 aliphatic rings. The van der Waals surface area contributed by atoms with Crippen molar-refractivity contribution in [3.05, 3.63) is 35.4 Å². The minimum absolute atomic E-state index is 0.136. The highest BCUT2D eigenvalue weighted by molar-refractivity contribution is 6.51. The number of aromatic nitrogens is 1. The Morgan fingerprint density at radius 2 is 2.17 bits per heavy atom. The summed E-state index contributed by atoms with van der Waals surface area (Å²) in [7, 11) is 0. The third kappa shape index (κ3) is 2.59. The fraction of sp³-hybridized carbons (Fsp3) is 0.125. The molecule has 1 aliphatic heterocycles. The van der Waals surface area contributed by atoms with Crippen LogP contribution in [-0.2, 0) is 4.79 Å². The van der Waals surface area contributed by atoms with Gasteiger partial charge in [0.05, 0.1) is 23.5 Å². The van der Waals surface area contributed by atoms with Crippen LogP contribution >= 0.6 is 0 Å². The molecule has 0 unspecified atom stereocenters. The molecule has 0 spiro atoms. The molecule has 0 saturated carbocycles. The molecule has 120 valence electrons. The van der Waals surface area contributed by atoms with E-state index in [0.717, 1.165) is 0 Å². The number of ether oxygens (including phenoxy) is 1. The molecule has 0 aliphatic carbocycles. The van der Waals surface area contributed by atoms with E-state index < -0.39 is 11.7 Å². The molecule has 2 heterocycles. The van der Waals surface area contributed by atoms with Gasteiger partial charge < -0.3 is 21.1 Å². The lowest BCUT2D eigenvalue weighted by atomic mass is 10.1. The van der Waals surface area contributed by atoms with Gasteiger partial charge in [0.25, 0.3) is 11.7 Å². The van der Waals surface area contributed by atoms with Gasteiger partial charge in [0, 0.05) is 11.8 Å². The smallest absolute Gasteiger partial charge is 0.296 e. The number of rotatable bonds is 4. The Bertz CT molecular complexity index is 901. The molecule has 0 atom stereocenters. The summed E-state index contributed by atoms with van der Waals surface area (Å²) in [4.78, 5) is 27.3. The number of nitriles is 1. The Kier molecular flexibility index (Phi) is 3.75. The third-order valence-electron chi connectivity index (χ3n) is 3.40. The van der Waals surface area contributed by atoms with Crippen LogP contribution in [0.4, 0.5) is 22.9 Å². The number of nitrogens with one attached hydrogen (secondary N) is 2. The van der Waals surface area contributed by atoms with Gasteiger partial charge in [0.2, 0.25) is 5.88 Å². The first-order valence-electron chi connectivity index (χ1n) is 7.13. The van der Waals surface area contributed by atoms with Crippen LogP contribution in [-0.4, -0.2) is 23.3 Å². The number of hydrogen-bond donors (Lipinski definition) is 3. The molecule has 24 heavy (non-hydrogen) atoms. The molecule has 0 saturated heterocycles. The molecule has 8 heteroatoms. The predicted octanol–water partition coefficient (Wildman–Crippen LogP) is 1.81. The molecule has 0 radical (unpaired) electrons. The Labute approximate surface area is 137 Å². The van der Waals surface area contributed by atoms with Crippen LogP contribution in [0.25, 0.3) is 0 Å². The van der Waals surface area contributed by atoms with Crippen LogP contribution in [0.5, 0.6) is 5.88 Å². The van der Waals surface area contributed by atoms with Crippen LogP contribution < -0.4 is 21.1 Å². The van der Waals surface area contributed by atoms with Gasteiger partial charge in [-0.3, -0.25) is 9.59 Å². The number of carbonyl (C=O) groups excluding carboxylic acids is 2. The number of fused-ring (bicyclic) bond motifs is 1. The van der Waals surface area contributed by atoms with Crippen molar-refractivity contribution in [2.24, 2.45) is 0 Å². The summed E-state index contributed by atoms with van der Waals surface area (Å²) in [6, 6.07) is 8.31. The second-order valence-electron chi connectivity index (χ2n) is 4.99. The second-order valence-corrected chi connectivity index (χ2v) is 4.99. The fourth-order valence-corrected chi connectivity index (χ4v) is 2.33. The first-order chi connectivity index (χ1) is 11.5. The van der Waals surface area contributed by atoms with Gasteiger partial charge in [-0.1, -0.05) is 0 Å². The van der Waals surface area contributed by atoms with Crippen molar-refractivity contribution >= 4 is 34.6 Å². The van der Waals surface area contributed by atoms with E-state index in [1.807, 2.05) is 6.07 Å². The summed E-state index contributed by atoms with van der Waals surface area (Å²) in [5.41, 5.74) is 7.57. The standard InChI is InChI=1S/C16H13N5O3/c1-2-24-16-10(7-17)11(18)6-13(21-16)19-8-3-4-12-9(5-8)14(22)15(23)20-12/h3-6H,2H2,1H3,(H3,18,19,21)(H,20,22,23). The van der Waals surface area contributed by atoms with Crippen molar-refractivity contribution in [1.82, 2.24) is 4.98 Å². The van der Waals surface area contributed by atoms with Crippen LogP contribution in [0.2, 0.25) is 0 Å². The minimum atomic E-state index is -0.651.